The van der Waals surface area contributed by atoms with E-state index >= 15 is 0 Å². The molecule has 0 radical (unpaired) electrons. The Kier molecular flexibility index (Phi) is 8.35. The van der Waals surface area contributed by atoms with Gasteiger partial charge in [0, 0.05) is 31.4 Å². The lowest BCUT2D eigenvalue weighted by Gasteiger charge is -2.17. The van der Waals surface area contributed by atoms with Crippen LogP contribution >= 0.6 is 11.6 Å². The number of ether oxygens (including phenoxy) is 2. The number of halogens is 1. The summed E-state index contributed by atoms with van der Waals surface area (Å²) in [7, 11) is 4.04. The average Bonchev–Trinajstić information content (AvgIpc) is 2.61. The molecular weight excluding hydrogens is 362 g/mol. The first kappa shape index (κ1) is 21.5. The lowest BCUT2D eigenvalue weighted by atomic mass is 10.1. The number of hydrogen-bond donors (Lipinski definition) is 1. The number of hydrogen-bond acceptors (Lipinski definition) is 5. The monoisotopic (exact) mass is 391 g/mol. The Balaban J connectivity index is 1.91. The molecule has 2 rings (SSSR count). The maximum Gasteiger partial charge on any atom is 0.213 e. The smallest absolute Gasteiger partial charge is 0.213 e. The van der Waals surface area contributed by atoms with Gasteiger partial charge in [0.2, 0.25) is 5.88 Å². The number of aromatic nitrogens is 1. The second kappa shape index (κ2) is 10.5. The van der Waals surface area contributed by atoms with Crippen LogP contribution < -0.4 is 14.8 Å². The molecule has 0 saturated heterocycles. The second-order valence-corrected chi connectivity index (χ2v) is 7.52. The van der Waals surface area contributed by atoms with Gasteiger partial charge in [-0.1, -0.05) is 17.7 Å². The molecule has 0 spiro atoms. The Hall–Kier alpha value is -1.82. The van der Waals surface area contributed by atoms with Crippen LogP contribution in [0.4, 0.5) is 0 Å². The molecule has 1 unspecified atom stereocenters. The molecule has 0 bridgehead atoms. The molecule has 0 saturated carbocycles. The van der Waals surface area contributed by atoms with Crippen LogP contribution in [-0.2, 0) is 6.54 Å². The fourth-order valence-corrected chi connectivity index (χ4v) is 2.73. The fraction of sp³-hybridized carbons (Fsp3) is 0.476. The van der Waals surface area contributed by atoms with Gasteiger partial charge in [0.05, 0.1) is 11.1 Å². The van der Waals surface area contributed by atoms with Gasteiger partial charge in [-0.2, -0.15) is 0 Å². The Morgan fingerprint density at radius 2 is 1.93 bits per heavy atom. The maximum atomic E-state index is 6.35. The van der Waals surface area contributed by atoms with Crippen molar-refractivity contribution in [1.82, 2.24) is 15.2 Å². The normalized spacial score (nSPS) is 12.4. The highest BCUT2D eigenvalue weighted by atomic mass is 35.5. The summed E-state index contributed by atoms with van der Waals surface area (Å²) in [6.07, 6.45) is 1.88. The van der Waals surface area contributed by atoms with Crippen LogP contribution in [0, 0.1) is 0 Å². The molecule has 0 amide bonds. The van der Waals surface area contributed by atoms with E-state index in [0.29, 0.717) is 17.5 Å². The highest BCUT2D eigenvalue weighted by Gasteiger charge is 2.10. The molecule has 1 N–H and O–H groups in total. The summed E-state index contributed by atoms with van der Waals surface area (Å²) in [5.41, 5.74) is 2.25. The van der Waals surface area contributed by atoms with Gasteiger partial charge in [-0.05, 0) is 64.2 Å². The number of nitrogens with zero attached hydrogens (tertiary/aromatic N) is 2. The summed E-state index contributed by atoms with van der Waals surface area (Å²) in [5, 5.41) is 4.15. The van der Waals surface area contributed by atoms with E-state index in [1.807, 2.05) is 58.3 Å². The SMILES string of the molecule is CC(C)Oc1ccc(C(C)NCc2ccnc(OCCN(C)C)c2)cc1Cl. The molecule has 5 nitrogen and oxygen atoms in total. The van der Waals surface area contributed by atoms with Crippen LogP contribution in [-0.4, -0.2) is 43.2 Å². The van der Waals surface area contributed by atoms with Crippen LogP contribution in [0.1, 0.15) is 37.9 Å². The van der Waals surface area contributed by atoms with Crippen molar-refractivity contribution in [2.24, 2.45) is 0 Å². The molecule has 1 heterocycles. The molecule has 0 fully saturated rings. The second-order valence-electron chi connectivity index (χ2n) is 7.11. The summed E-state index contributed by atoms with van der Waals surface area (Å²) < 4.78 is 11.4. The van der Waals surface area contributed by atoms with Crippen molar-refractivity contribution in [3.8, 4) is 11.6 Å². The molecule has 0 aliphatic heterocycles. The number of nitrogens with one attached hydrogen (secondary N) is 1. The summed E-state index contributed by atoms with van der Waals surface area (Å²) in [6.45, 7) is 8.29. The molecule has 27 heavy (non-hydrogen) atoms. The number of likely N-dealkylation sites (N-methyl/N-ethyl adjacent to an activating group) is 1. The Morgan fingerprint density at radius 1 is 1.15 bits per heavy atom. The summed E-state index contributed by atoms with van der Waals surface area (Å²) >= 11 is 6.35. The molecule has 1 atom stereocenters. The van der Waals surface area contributed by atoms with Gasteiger partial charge >= 0.3 is 0 Å². The van der Waals surface area contributed by atoms with Gasteiger partial charge < -0.3 is 19.7 Å². The summed E-state index contributed by atoms with van der Waals surface area (Å²) in [5.74, 6) is 1.37. The fourth-order valence-electron chi connectivity index (χ4n) is 2.50. The van der Waals surface area contributed by atoms with Gasteiger partial charge in [0.1, 0.15) is 12.4 Å². The van der Waals surface area contributed by atoms with Gasteiger partial charge in [-0.15, -0.1) is 0 Å². The molecule has 1 aromatic heterocycles. The van der Waals surface area contributed by atoms with E-state index in [0.717, 1.165) is 30.0 Å². The third kappa shape index (κ3) is 7.37. The Morgan fingerprint density at radius 3 is 2.59 bits per heavy atom. The number of pyridine rings is 1. The molecule has 0 aliphatic carbocycles. The van der Waals surface area contributed by atoms with Crippen molar-refractivity contribution in [3.05, 3.63) is 52.7 Å². The Bertz CT molecular complexity index is 722. The number of benzene rings is 1. The lowest BCUT2D eigenvalue weighted by Crippen LogP contribution is -2.20. The van der Waals surface area contributed by atoms with E-state index in [-0.39, 0.29) is 12.1 Å². The molecule has 0 aliphatic rings. The number of rotatable bonds is 10. The third-order valence-electron chi connectivity index (χ3n) is 4.02. The van der Waals surface area contributed by atoms with Crippen LogP contribution in [0.15, 0.2) is 36.5 Å². The standard InChI is InChI=1S/C21H30ClN3O2/c1-15(2)27-20-7-6-18(13-19(20)22)16(3)24-14-17-8-9-23-21(12-17)26-11-10-25(4)5/h6-9,12-13,15-16,24H,10-11,14H2,1-5H3. The van der Waals surface area contributed by atoms with Crippen LogP contribution in [0.5, 0.6) is 11.6 Å². The van der Waals surface area contributed by atoms with Crippen molar-refractivity contribution in [2.45, 2.75) is 39.5 Å². The largest absolute Gasteiger partial charge is 0.489 e. The average molecular weight is 392 g/mol. The minimum absolute atomic E-state index is 0.102. The Labute approximate surface area is 167 Å². The minimum Gasteiger partial charge on any atom is -0.489 e. The summed E-state index contributed by atoms with van der Waals surface area (Å²) in [4.78, 5) is 6.35. The predicted molar refractivity (Wildman–Crippen MR) is 111 cm³/mol. The zero-order valence-corrected chi connectivity index (χ0v) is 17.6. The van der Waals surface area contributed by atoms with Crippen LogP contribution in [0.2, 0.25) is 5.02 Å². The van der Waals surface area contributed by atoms with E-state index in [4.69, 9.17) is 21.1 Å². The van der Waals surface area contributed by atoms with E-state index in [1.165, 1.54) is 0 Å². The highest BCUT2D eigenvalue weighted by Crippen LogP contribution is 2.28. The van der Waals surface area contributed by atoms with Gasteiger partial charge in [0.15, 0.2) is 0 Å². The third-order valence-corrected chi connectivity index (χ3v) is 4.31. The molecule has 1 aromatic carbocycles. The topological polar surface area (TPSA) is 46.6 Å². The van der Waals surface area contributed by atoms with Gasteiger partial charge in [-0.3, -0.25) is 0 Å². The van der Waals surface area contributed by atoms with Gasteiger partial charge in [-0.25, -0.2) is 4.98 Å². The quantitative estimate of drug-likeness (QED) is 0.653. The predicted octanol–water partition coefficient (Wildman–Crippen LogP) is 4.31. The molecule has 6 heteroatoms. The van der Waals surface area contributed by atoms with Crippen molar-refractivity contribution in [2.75, 3.05) is 27.2 Å². The minimum atomic E-state index is 0.102. The molecule has 2 aromatic rings. The van der Waals surface area contributed by atoms with E-state index in [9.17, 15) is 0 Å². The first-order valence-electron chi connectivity index (χ1n) is 9.27. The zero-order valence-electron chi connectivity index (χ0n) is 16.8. The van der Waals surface area contributed by atoms with Crippen LogP contribution in [0.3, 0.4) is 0 Å². The van der Waals surface area contributed by atoms with E-state index < -0.39 is 0 Å². The lowest BCUT2D eigenvalue weighted by molar-refractivity contribution is 0.242. The van der Waals surface area contributed by atoms with Crippen molar-refractivity contribution in [1.29, 1.82) is 0 Å². The molecule has 148 valence electrons. The van der Waals surface area contributed by atoms with Crippen molar-refractivity contribution < 1.29 is 9.47 Å². The van der Waals surface area contributed by atoms with Gasteiger partial charge in [0.25, 0.3) is 0 Å². The first-order valence-corrected chi connectivity index (χ1v) is 9.65. The van der Waals surface area contributed by atoms with Crippen molar-refractivity contribution >= 4 is 11.6 Å². The summed E-state index contributed by atoms with van der Waals surface area (Å²) in [6, 6.07) is 10.1. The highest BCUT2D eigenvalue weighted by molar-refractivity contribution is 6.32. The maximum absolute atomic E-state index is 6.35. The van der Waals surface area contributed by atoms with E-state index in [2.05, 4.69) is 22.1 Å². The van der Waals surface area contributed by atoms with E-state index in [1.54, 1.807) is 6.20 Å². The zero-order chi connectivity index (χ0) is 19.8. The first-order chi connectivity index (χ1) is 12.8. The van der Waals surface area contributed by atoms with Crippen LogP contribution in [0.25, 0.3) is 0 Å². The van der Waals surface area contributed by atoms with Crippen molar-refractivity contribution in [3.63, 3.8) is 0 Å². The molecular formula is C21H30ClN3O2.